The van der Waals surface area contributed by atoms with Crippen molar-refractivity contribution >= 4 is 68.4 Å². The molecule has 1 aliphatic rings. The average molecular weight is 428 g/mol. The molecule has 0 aromatic carbocycles. The summed E-state index contributed by atoms with van der Waals surface area (Å²) in [7, 11) is 3.76. The van der Waals surface area contributed by atoms with Gasteiger partial charge in [-0.15, -0.1) is 23.3 Å². The van der Waals surface area contributed by atoms with E-state index < -0.39 is 35.7 Å². The largest absolute Gasteiger partial charge is 0.481 e. The monoisotopic (exact) mass is 427 g/mol. The molecule has 12 heteroatoms. The molecule has 8 nitrogen and oxygen atoms in total. The minimum Gasteiger partial charge on any atom is -0.481 e. The van der Waals surface area contributed by atoms with Gasteiger partial charge in [-0.3, -0.25) is 24.5 Å². The van der Waals surface area contributed by atoms with Gasteiger partial charge in [0.25, 0.3) is 0 Å². The topological polar surface area (TPSA) is 116 Å². The number of carbonyl (C=O) groups excluding carboxylic acids is 3. The molecule has 0 spiro atoms. The number of aliphatic carboxylic acids is 1. The number of nitrogens with zero attached hydrogens (tertiary/aromatic N) is 1. The van der Waals surface area contributed by atoms with Crippen LogP contribution < -0.4 is 10.6 Å². The molecular formula is C13H21N3O5S4. The molecule has 142 valence electrons. The highest BCUT2D eigenvalue weighted by atomic mass is 33.1. The van der Waals surface area contributed by atoms with Gasteiger partial charge in [0.05, 0.1) is 18.8 Å². The fourth-order valence-electron chi connectivity index (χ4n) is 2.43. The molecule has 1 rings (SSSR count). The summed E-state index contributed by atoms with van der Waals surface area (Å²) in [6, 6.07) is -2.29. The lowest BCUT2D eigenvalue weighted by molar-refractivity contribution is -0.143. The molecular weight excluding hydrogens is 406 g/mol. The average Bonchev–Trinajstić information content (AvgIpc) is 2.93. The van der Waals surface area contributed by atoms with Crippen LogP contribution >= 0.6 is 44.9 Å². The zero-order chi connectivity index (χ0) is 19.0. The van der Waals surface area contributed by atoms with E-state index in [-0.39, 0.29) is 31.2 Å². The SMILES string of the molecule is CN[C@@H](CCC(=O)O)C(=O)C(=O)C(CSS)N1CNC(CSS)C1=O. The second-order valence-electron chi connectivity index (χ2n) is 5.33. The molecule has 3 atom stereocenters. The Labute approximate surface area is 164 Å². The predicted octanol–water partition coefficient (Wildman–Crippen LogP) is -0.140. The lowest BCUT2D eigenvalue weighted by Crippen LogP contribution is -2.51. The molecule has 0 aliphatic carbocycles. The Bertz CT molecular complexity index is 522. The Morgan fingerprint density at radius 2 is 2.04 bits per heavy atom. The fourth-order valence-corrected chi connectivity index (χ4v) is 4.18. The van der Waals surface area contributed by atoms with Crippen LogP contribution in [0.25, 0.3) is 0 Å². The van der Waals surface area contributed by atoms with Crippen molar-refractivity contribution < 1.29 is 24.3 Å². The number of rotatable bonds is 12. The molecule has 0 aromatic rings. The second-order valence-corrected chi connectivity index (χ2v) is 8.06. The van der Waals surface area contributed by atoms with Crippen molar-refractivity contribution in [3.05, 3.63) is 0 Å². The van der Waals surface area contributed by atoms with E-state index in [1.165, 1.54) is 22.7 Å². The first kappa shape index (κ1) is 22.6. The van der Waals surface area contributed by atoms with Crippen LogP contribution in [0.1, 0.15) is 12.8 Å². The molecule has 1 aliphatic heterocycles. The molecule has 1 fully saturated rings. The van der Waals surface area contributed by atoms with E-state index in [1.807, 2.05) is 0 Å². The van der Waals surface area contributed by atoms with Crippen LogP contribution in [0.3, 0.4) is 0 Å². The maximum absolute atomic E-state index is 12.6. The van der Waals surface area contributed by atoms with Crippen LogP contribution in [0.15, 0.2) is 0 Å². The number of hydrogen-bond acceptors (Lipinski definition) is 10. The van der Waals surface area contributed by atoms with E-state index in [1.54, 1.807) is 0 Å². The summed E-state index contributed by atoms with van der Waals surface area (Å²) in [5, 5.41) is 14.4. The summed E-state index contributed by atoms with van der Waals surface area (Å²) < 4.78 is 0. The van der Waals surface area contributed by atoms with Gasteiger partial charge in [0.2, 0.25) is 17.5 Å². The van der Waals surface area contributed by atoms with Crippen molar-refractivity contribution in [3.8, 4) is 0 Å². The third-order valence-corrected chi connectivity index (χ3v) is 5.64. The van der Waals surface area contributed by atoms with Gasteiger partial charge in [0, 0.05) is 17.9 Å². The Hall–Kier alpha value is -0.400. The van der Waals surface area contributed by atoms with Crippen molar-refractivity contribution in [1.29, 1.82) is 0 Å². The van der Waals surface area contributed by atoms with Gasteiger partial charge in [-0.25, -0.2) is 0 Å². The Kier molecular flexibility index (Phi) is 10.3. The number of amides is 1. The number of carboxylic acid groups (broad SMARTS) is 1. The van der Waals surface area contributed by atoms with E-state index >= 15 is 0 Å². The fraction of sp³-hybridized carbons (Fsp3) is 0.692. The number of likely N-dealkylation sites (N-methyl/N-ethyl adjacent to an activating group) is 1. The van der Waals surface area contributed by atoms with E-state index in [4.69, 9.17) is 5.11 Å². The lowest BCUT2D eigenvalue weighted by Gasteiger charge is -2.26. The van der Waals surface area contributed by atoms with Crippen molar-refractivity contribution in [2.75, 3.05) is 25.2 Å². The number of thiol groups is 2. The molecule has 0 radical (unpaired) electrons. The maximum atomic E-state index is 12.6. The molecule has 0 aromatic heterocycles. The maximum Gasteiger partial charge on any atom is 0.303 e. The van der Waals surface area contributed by atoms with Gasteiger partial charge in [-0.05, 0) is 13.5 Å². The highest BCUT2D eigenvalue weighted by Gasteiger charge is 2.41. The number of hydrogen-bond donors (Lipinski definition) is 5. The standard InChI is InChI=1S/C13H21N3O5S4/c1-14-7(2-3-10(17)18)11(19)12(20)9(5-25-23)16-6-15-8(4-24-22)13(16)21/h7-9,14-15,22-23H,2-6H2,1H3,(H,17,18)/t7-,8?,9?/m0/s1. The highest BCUT2D eigenvalue weighted by molar-refractivity contribution is 8.68. The summed E-state index contributed by atoms with van der Waals surface area (Å²) in [5.74, 6) is -2.15. The van der Waals surface area contributed by atoms with E-state index in [0.717, 1.165) is 10.8 Å². The number of carboxylic acids is 1. The van der Waals surface area contributed by atoms with Gasteiger partial charge < -0.3 is 15.3 Å². The number of ketones is 2. The number of carbonyl (C=O) groups is 4. The summed E-state index contributed by atoms with van der Waals surface area (Å²) >= 11 is 8.06. The van der Waals surface area contributed by atoms with Crippen LogP contribution in [0.4, 0.5) is 0 Å². The second kappa shape index (κ2) is 11.3. The smallest absolute Gasteiger partial charge is 0.303 e. The van der Waals surface area contributed by atoms with Crippen molar-refractivity contribution in [1.82, 2.24) is 15.5 Å². The minimum atomic E-state index is -1.05. The van der Waals surface area contributed by atoms with Crippen LogP contribution in [-0.4, -0.2) is 76.8 Å². The molecule has 2 unspecified atom stereocenters. The van der Waals surface area contributed by atoms with Gasteiger partial charge in [0.1, 0.15) is 6.04 Å². The van der Waals surface area contributed by atoms with Gasteiger partial charge in [-0.2, -0.15) is 0 Å². The number of Topliss-reactive ketones (excluding diaryl/α,β-unsaturated/α-hetero) is 2. The predicted molar refractivity (Wildman–Crippen MR) is 105 cm³/mol. The van der Waals surface area contributed by atoms with Crippen LogP contribution in [-0.2, 0) is 19.2 Å². The highest BCUT2D eigenvalue weighted by Crippen LogP contribution is 2.20. The van der Waals surface area contributed by atoms with E-state index in [9.17, 15) is 19.2 Å². The molecule has 1 saturated heterocycles. The van der Waals surface area contributed by atoms with E-state index in [2.05, 4.69) is 34.0 Å². The third kappa shape index (κ3) is 6.36. The first-order valence-corrected chi connectivity index (χ1v) is 11.5. The summed E-state index contributed by atoms with van der Waals surface area (Å²) in [6.45, 7) is 0.162. The summed E-state index contributed by atoms with van der Waals surface area (Å²) in [5.41, 5.74) is 0. The number of nitrogens with one attached hydrogen (secondary N) is 2. The Balaban J connectivity index is 2.86. The Morgan fingerprint density at radius 3 is 2.56 bits per heavy atom. The van der Waals surface area contributed by atoms with Crippen molar-refractivity contribution in [2.45, 2.75) is 31.0 Å². The summed E-state index contributed by atoms with van der Waals surface area (Å²) in [6.07, 6.45) is -0.232. The molecule has 0 bridgehead atoms. The zero-order valence-corrected chi connectivity index (χ0v) is 16.9. The van der Waals surface area contributed by atoms with Crippen LogP contribution in [0.5, 0.6) is 0 Å². The zero-order valence-electron chi connectivity index (χ0n) is 13.5. The van der Waals surface area contributed by atoms with E-state index in [0.29, 0.717) is 5.75 Å². The molecule has 25 heavy (non-hydrogen) atoms. The van der Waals surface area contributed by atoms with Gasteiger partial charge in [-0.1, -0.05) is 21.6 Å². The Morgan fingerprint density at radius 1 is 1.36 bits per heavy atom. The van der Waals surface area contributed by atoms with Crippen molar-refractivity contribution in [3.63, 3.8) is 0 Å². The van der Waals surface area contributed by atoms with Crippen LogP contribution in [0.2, 0.25) is 0 Å². The molecule has 1 heterocycles. The first-order chi connectivity index (χ1) is 11.9. The van der Waals surface area contributed by atoms with Gasteiger partial charge >= 0.3 is 5.97 Å². The molecule has 1 amide bonds. The van der Waals surface area contributed by atoms with Crippen LogP contribution in [0, 0.1) is 0 Å². The third-order valence-electron chi connectivity index (χ3n) is 3.80. The normalized spacial score (nSPS) is 19.7. The lowest BCUT2D eigenvalue weighted by atomic mass is 9.99. The quantitative estimate of drug-likeness (QED) is 0.165. The first-order valence-electron chi connectivity index (χ1n) is 7.41. The molecule has 0 saturated carbocycles. The van der Waals surface area contributed by atoms with Crippen molar-refractivity contribution in [2.24, 2.45) is 0 Å². The summed E-state index contributed by atoms with van der Waals surface area (Å²) in [4.78, 5) is 49.6. The minimum absolute atomic E-state index is 0.00224. The van der Waals surface area contributed by atoms with Gasteiger partial charge in [0.15, 0.2) is 0 Å². The molecule has 3 N–H and O–H groups in total.